The van der Waals surface area contributed by atoms with Gasteiger partial charge in [0.05, 0.1) is 0 Å². The zero-order valence-electron chi connectivity index (χ0n) is 11.8. The van der Waals surface area contributed by atoms with Gasteiger partial charge in [-0.25, -0.2) is 0 Å². The van der Waals surface area contributed by atoms with Gasteiger partial charge in [0.15, 0.2) is 0 Å². The molecule has 3 atom stereocenters. The maximum atomic E-state index is 12.2. The summed E-state index contributed by atoms with van der Waals surface area (Å²) in [6, 6.07) is 0.597. The van der Waals surface area contributed by atoms with E-state index in [0.29, 0.717) is 30.2 Å². The van der Waals surface area contributed by atoms with Crippen LogP contribution in [0.15, 0.2) is 0 Å². The quantitative estimate of drug-likeness (QED) is 0.820. The van der Waals surface area contributed by atoms with Crippen molar-refractivity contribution >= 4 is 5.91 Å². The first-order chi connectivity index (χ1) is 7.90. The Kier molecular flexibility index (Phi) is 5.44. The SMILES string of the molecule is CC(C)CC(C)CC(=O)N1CCC(N)CC1C. The van der Waals surface area contributed by atoms with Crippen molar-refractivity contribution in [2.45, 2.75) is 65.5 Å². The van der Waals surface area contributed by atoms with Crippen molar-refractivity contribution in [2.75, 3.05) is 6.54 Å². The number of hydrogen-bond donors (Lipinski definition) is 1. The Labute approximate surface area is 106 Å². The average Bonchev–Trinajstić information content (AvgIpc) is 2.15. The van der Waals surface area contributed by atoms with Gasteiger partial charge in [-0.15, -0.1) is 0 Å². The summed E-state index contributed by atoms with van der Waals surface area (Å²) in [5.74, 6) is 1.48. The molecule has 0 spiro atoms. The van der Waals surface area contributed by atoms with Crippen LogP contribution in [0.5, 0.6) is 0 Å². The van der Waals surface area contributed by atoms with Crippen molar-refractivity contribution in [2.24, 2.45) is 17.6 Å². The molecule has 3 nitrogen and oxygen atoms in total. The third-order valence-corrected chi connectivity index (χ3v) is 3.63. The number of nitrogens with two attached hydrogens (primary N) is 1. The van der Waals surface area contributed by atoms with Gasteiger partial charge < -0.3 is 10.6 Å². The van der Waals surface area contributed by atoms with Gasteiger partial charge in [-0.2, -0.15) is 0 Å². The highest BCUT2D eigenvalue weighted by Gasteiger charge is 2.27. The van der Waals surface area contributed by atoms with Crippen molar-refractivity contribution in [1.29, 1.82) is 0 Å². The second-order valence-corrected chi connectivity index (χ2v) is 6.16. The van der Waals surface area contributed by atoms with E-state index in [4.69, 9.17) is 5.73 Å². The molecule has 1 aliphatic rings. The molecule has 1 saturated heterocycles. The van der Waals surface area contributed by atoms with Crippen LogP contribution in [0.2, 0.25) is 0 Å². The molecule has 1 aliphatic heterocycles. The van der Waals surface area contributed by atoms with Crippen molar-refractivity contribution in [3.8, 4) is 0 Å². The van der Waals surface area contributed by atoms with Crippen LogP contribution in [0, 0.1) is 11.8 Å². The van der Waals surface area contributed by atoms with Crippen molar-refractivity contribution < 1.29 is 4.79 Å². The van der Waals surface area contributed by atoms with Gasteiger partial charge >= 0.3 is 0 Å². The molecular weight excluding hydrogens is 212 g/mol. The predicted molar refractivity (Wildman–Crippen MR) is 71.6 cm³/mol. The average molecular weight is 240 g/mol. The van der Waals surface area contributed by atoms with Gasteiger partial charge in [0, 0.05) is 25.0 Å². The summed E-state index contributed by atoms with van der Waals surface area (Å²) in [5.41, 5.74) is 5.92. The molecule has 0 bridgehead atoms. The fraction of sp³-hybridized carbons (Fsp3) is 0.929. The monoisotopic (exact) mass is 240 g/mol. The number of carbonyl (C=O) groups is 1. The number of nitrogens with zero attached hydrogens (tertiary/aromatic N) is 1. The molecule has 100 valence electrons. The molecule has 1 fully saturated rings. The van der Waals surface area contributed by atoms with E-state index in [1.54, 1.807) is 0 Å². The van der Waals surface area contributed by atoms with E-state index in [1.165, 1.54) is 0 Å². The van der Waals surface area contributed by atoms with E-state index >= 15 is 0 Å². The zero-order valence-corrected chi connectivity index (χ0v) is 11.8. The Morgan fingerprint density at radius 1 is 1.41 bits per heavy atom. The van der Waals surface area contributed by atoms with Gasteiger partial charge in [0.2, 0.25) is 5.91 Å². The fourth-order valence-electron chi connectivity index (χ4n) is 2.88. The van der Waals surface area contributed by atoms with Crippen LogP contribution in [0.4, 0.5) is 0 Å². The number of hydrogen-bond acceptors (Lipinski definition) is 2. The Bertz CT molecular complexity index is 253. The maximum absolute atomic E-state index is 12.2. The number of piperidine rings is 1. The standard InChI is InChI=1S/C14H28N2O/c1-10(2)7-11(3)8-14(17)16-6-5-13(15)9-12(16)4/h10-13H,5-9,15H2,1-4H3. The topological polar surface area (TPSA) is 46.3 Å². The maximum Gasteiger partial charge on any atom is 0.223 e. The molecule has 3 unspecified atom stereocenters. The van der Waals surface area contributed by atoms with Crippen molar-refractivity contribution in [3.05, 3.63) is 0 Å². The molecule has 1 heterocycles. The molecule has 17 heavy (non-hydrogen) atoms. The highest BCUT2D eigenvalue weighted by molar-refractivity contribution is 5.76. The van der Waals surface area contributed by atoms with Gasteiger partial charge in [0.25, 0.3) is 0 Å². The molecule has 0 radical (unpaired) electrons. The third-order valence-electron chi connectivity index (χ3n) is 3.63. The van der Waals surface area contributed by atoms with Gasteiger partial charge in [0.1, 0.15) is 0 Å². The number of amides is 1. The van der Waals surface area contributed by atoms with Crippen molar-refractivity contribution in [1.82, 2.24) is 4.90 Å². The first-order valence-electron chi connectivity index (χ1n) is 6.95. The summed E-state index contributed by atoms with van der Waals surface area (Å²) in [6.45, 7) is 9.56. The summed E-state index contributed by atoms with van der Waals surface area (Å²) in [4.78, 5) is 14.2. The van der Waals surface area contributed by atoms with E-state index in [0.717, 1.165) is 25.8 Å². The van der Waals surface area contributed by atoms with Crippen LogP contribution in [0.25, 0.3) is 0 Å². The molecule has 1 amide bonds. The Hall–Kier alpha value is -0.570. The highest BCUT2D eigenvalue weighted by Crippen LogP contribution is 2.20. The number of rotatable bonds is 4. The predicted octanol–water partition coefficient (Wildman–Crippen LogP) is 2.40. The Morgan fingerprint density at radius 3 is 2.59 bits per heavy atom. The summed E-state index contributed by atoms with van der Waals surface area (Å²) in [5, 5.41) is 0. The van der Waals surface area contributed by atoms with Gasteiger partial charge in [-0.1, -0.05) is 20.8 Å². The largest absolute Gasteiger partial charge is 0.340 e. The Morgan fingerprint density at radius 2 is 2.06 bits per heavy atom. The molecule has 0 saturated carbocycles. The second kappa shape index (κ2) is 6.39. The highest BCUT2D eigenvalue weighted by atomic mass is 16.2. The lowest BCUT2D eigenvalue weighted by Crippen LogP contribution is -2.48. The van der Waals surface area contributed by atoms with Crippen LogP contribution in [0.3, 0.4) is 0 Å². The Balaban J connectivity index is 2.41. The molecule has 0 aromatic carbocycles. The lowest BCUT2D eigenvalue weighted by molar-refractivity contribution is -0.135. The fourth-order valence-corrected chi connectivity index (χ4v) is 2.88. The molecule has 0 aromatic heterocycles. The van der Waals surface area contributed by atoms with E-state index < -0.39 is 0 Å². The third kappa shape index (κ3) is 4.66. The minimum Gasteiger partial charge on any atom is -0.340 e. The minimum absolute atomic E-state index is 0.280. The zero-order chi connectivity index (χ0) is 13.0. The minimum atomic E-state index is 0.280. The molecule has 1 rings (SSSR count). The lowest BCUT2D eigenvalue weighted by Gasteiger charge is -2.37. The first-order valence-corrected chi connectivity index (χ1v) is 6.95. The first kappa shape index (κ1) is 14.5. The molecular formula is C14H28N2O. The molecule has 0 aromatic rings. The summed E-state index contributed by atoms with van der Waals surface area (Å²) in [6.07, 6.45) is 3.73. The number of carbonyl (C=O) groups excluding carboxylic acids is 1. The van der Waals surface area contributed by atoms with Crippen LogP contribution >= 0.6 is 0 Å². The van der Waals surface area contributed by atoms with Gasteiger partial charge in [-0.05, 0) is 38.0 Å². The lowest BCUT2D eigenvalue weighted by atomic mass is 9.93. The van der Waals surface area contributed by atoms with E-state index in [2.05, 4.69) is 27.7 Å². The smallest absolute Gasteiger partial charge is 0.223 e. The number of likely N-dealkylation sites (tertiary alicyclic amines) is 1. The second-order valence-electron chi connectivity index (χ2n) is 6.16. The molecule has 2 N–H and O–H groups in total. The van der Waals surface area contributed by atoms with E-state index in [-0.39, 0.29) is 6.04 Å². The molecule has 0 aliphatic carbocycles. The normalized spacial score (nSPS) is 27.3. The summed E-state index contributed by atoms with van der Waals surface area (Å²) >= 11 is 0. The van der Waals surface area contributed by atoms with Crippen LogP contribution in [0.1, 0.15) is 53.4 Å². The van der Waals surface area contributed by atoms with Crippen molar-refractivity contribution in [3.63, 3.8) is 0 Å². The van der Waals surface area contributed by atoms with E-state index in [9.17, 15) is 4.79 Å². The summed E-state index contributed by atoms with van der Waals surface area (Å²) < 4.78 is 0. The van der Waals surface area contributed by atoms with E-state index in [1.807, 2.05) is 4.90 Å². The van der Waals surface area contributed by atoms with Gasteiger partial charge in [-0.3, -0.25) is 4.79 Å². The van der Waals surface area contributed by atoms with Crippen LogP contribution < -0.4 is 5.73 Å². The molecule has 3 heteroatoms. The summed E-state index contributed by atoms with van der Waals surface area (Å²) in [7, 11) is 0. The van der Waals surface area contributed by atoms with Crippen LogP contribution in [-0.4, -0.2) is 29.4 Å². The van der Waals surface area contributed by atoms with Crippen LogP contribution in [-0.2, 0) is 4.79 Å².